The van der Waals surface area contributed by atoms with E-state index in [0.29, 0.717) is 26.1 Å². The third-order valence-electron chi connectivity index (χ3n) is 4.74. The van der Waals surface area contributed by atoms with E-state index in [-0.39, 0.29) is 12.3 Å². The first-order valence-corrected chi connectivity index (χ1v) is 8.20. The van der Waals surface area contributed by atoms with Gasteiger partial charge in [0.25, 0.3) is 0 Å². The van der Waals surface area contributed by atoms with Crippen molar-refractivity contribution in [2.24, 2.45) is 5.92 Å². The van der Waals surface area contributed by atoms with Crippen LogP contribution in [0.15, 0.2) is 0 Å². The number of ether oxygens (including phenoxy) is 1. The molecule has 2 fully saturated rings. The number of rotatable bonds is 7. The van der Waals surface area contributed by atoms with E-state index in [2.05, 4.69) is 5.32 Å². The number of carboxylic acid groups (broad SMARTS) is 1. The standard InChI is InChI=1S/C16H27NO4/c18-14(8-4-7-13-5-2-1-3-6-13)17-16(11-15(19)20)9-10-21-12-16/h13H,1-12H2,(H,17,18)(H,19,20). The Labute approximate surface area is 126 Å². The van der Waals surface area contributed by atoms with E-state index in [0.717, 1.165) is 18.8 Å². The van der Waals surface area contributed by atoms with E-state index in [1.807, 2.05) is 0 Å². The molecule has 21 heavy (non-hydrogen) atoms. The Morgan fingerprint density at radius 3 is 2.62 bits per heavy atom. The zero-order valence-electron chi connectivity index (χ0n) is 12.7. The summed E-state index contributed by atoms with van der Waals surface area (Å²) in [4.78, 5) is 23.0. The van der Waals surface area contributed by atoms with Crippen LogP contribution in [-0.4, -0.2) is 35.7 Å². The first-order chi connectivity index (χ1) is 10.1. The fourth-order valence-electron chi connectivity index (χ4n) is 3.56. The number of amides is 1. The van der Waals surface area contributed by atoms with Gasteiger partial charge in [-0.2, -0.15) is 0 Å². The molecular weight excluding hydrogens is 270 g/mol. The highest BCUT2D eigenvalue weighted by Crippen LogP contribution is 2.28. The molecule has 1 saturated heterocycles. The smallest absolute Gasteiger partial charge is 0.305 e. The predicted octanol–water partition coefficient (Wildman–Crippen LogP) is 2.49. The molecule has 0 spiro atoms. The van der Waals surface area contributed by atoms with Crippen molar-refractivity contribution >= 4 is 11.9 Å². The molecule has 1 aliphatic heterocycles. The maximum atomic E-state index is 12.1. The fourth-order valence-corrected chi connectivity index (χ4v) is 3.56. The maximum Gasteiger partial charge on any atom is 0.305 e. The van der Waals surface area contributed by atoms with Crippen LogP contribution in [0.3, 0.4) is 0 Å². The molecule has 5 heteroatoms. The minimum atomic E-state index is -0.886. The van der Waals surface area contributed by atoms with Crippen molar-refractivity contribution in [1.82, 2.24) is 5.32 Å². The Morgan fingerprint density at radius 2 is 2.00 bits per heavy atom. The molecule has 120 valence electrons. The van der Waals surface area contributed by atoms with Gasteiger partial charge in [0.1, 0.15) is 0 Å². The van der Waals surface area contributed by atoms with Crippen LogP contribution in [0, 0.1) is 5.92 Å². The van der Waals surface area contributed by atoms with Crippen LogP contribution in [0.2, 0.25) is 0 Å². The van der Waals surface area contributed by atoms with E-state index in [1.165, 1.54) is 32.1 Å². The zero-order valence-corrected chi connectivity index (χ0v) is 12.7. The quantitative estimate of drug-likeness (QED) is 0.757. The second-order valence-corrected chi connectivity index (χ2v) is 6.60. The molecular formula is C16H27NO4. The Kier molecular flexibility index (Phi) is 6.03. The Balaban J connectivity index is 1.70. The van der Waals surface area contributed by atoms with Crippen LogP contribution in [0.4, 0.5) is 0 Å². The van der Waals surface area contributed by atoms with Crippen molar-refractivity contribution in [2.75, 3.05) is 13.2 Å². The van der Waals surface area contributed by atoms with E-state index in [1.54, 1.807) is 0 Å². The van der Waals surface area contributed by atoms with E-state index < -0.39 is 11.5 Å². The summed E-state index contributed by atoms with van der Waals surface area (Å²) < 4.78 is 5.28. The molecule has 1 saturated carbocycles. The highest BCUT2D eigenvalue weighted by molar-refractivity contribution is 5.78. The Morgan fingerprint density at radius 1 is 1.24 bits per heavy atom. The molecule has 1 atom stereocenters. The van der Waals surface area contributed by atoms with Crippen molar-refractivity contribution < 1.29 is 19.4 Å². The van der Waals surface area contributed by atoms with Crippen molar-refractivity contribution in [3.8, 4) is 0 Å². The largest absolute Gasteiger partial charge is 0.481 e. The average molecular weight is 297 g/mol. The van der Waals surface area contributed by atoms with Crippen LogP contribution in [0.5, 0.6) is 0 Å². The first-order valence-electron chi connectivity index (χ1n) is 8.20. The summed E-state index contributed by atoms with van der Waals surface area (Å²) >= 11 is 0. The molecule has 0 aromatic rings. The summed E-state index contributed by atoms with van der Waals surface area (Å²) in [5, 5.41) is 11.9. The van der Waals surface area contributed by atoms with Crippen molar-refractivity contribution in [3.63, 3.8) is 0 Å². The highest BCUT2D eigenvalue weighted by atomic mass is 16.5. The topological polar surface area (TPSA) is 75.6 Å². The number of carbonyl (C=O) groups is 2. The van der Waals surface area contributed by atoms with Gasteiger partial charge in [0.2, 0.25) is 5.91 Å². The van der Waals surface area contributed by atoms with Gasteiger partial charge < -0.3 is 15.2 Å². The lowest BCUT2D eigenvalue weighted by molar-refractivity contribution is -0.139. The van der Waals surface area contributed by atoms with Gasteiger partial charge in [-0.1, -0.05) is 32.1 Å². The summed E-state index contributed by atoms with van der Waals surface area (Å²) in [5.74, 6) is -0.130. The first kappa shape index (κ1) is 16.3. The number of carbonyl (C=O) groups excluding carboxylic acids is 1. The number of nitrogens with one attached hydrogen (secondary N) is 1. The number of hydrogen-bond acceptors (Lipinski definition) is 3. The zero-order chi connectivity index (χ0) is 15.1. The predicted molar refractivity (Wildman–Crippen MR) is 79.0 cm³/mol. The highest BCUT2D eigenvalue weighted by Gasteiger charge is 2.38. The molecule has 1 heterocycles. The van der Waals surface area contributed by atoms with Crippen LogP contribution in [0.1, 0.15) is 64.2 Å². The molecule has 0 radical (unpaired) electrons. The van der Waals surface area contributed by atoms with E-state index in [4.69, 9.17) is 9.84 Å². The Bertz CT molecular complexity index is 357. The van der Waals surface area contributed by atoms with Crippen LogP contribution < -0.4 is 5.32 Å². The summed E-state index contributed by atoms with van der Waals surface area (Å²) in [7, 11) is 0. The molecule has 5 nitrogen and oxygen atoms in total. The number of carboxylic acids is 1. The lowest BCUT2D eigenvalue weighted by Gasteiger charge is -2.27. The van der Waals surface area contributed by atoms with Gasteiger partial charge in [-0.15, -0.1) is 0 Å². The van der Waals surface area contributed by atoms with E-state index >= 15 is 0 Å². The lowest BCUT2D eigenvalue weighted by atomic mass is 9.85. The molecule has 1 amide bonds. The summed E-state index contributed by atoms with van der Waals surface area (Å²) in [6, 6.07) is 0. The van der Waals surface area contributed by atoms with Gasteiger partial charge in [-0.25, -0.2) is 0 Å². The van der Waals surface area contributed by atoms with E-state index in [9.17, 15) is 9.59 Å². The third-order valence-corrected chi connectivity index (χ3v) is 4.74. The van der Waals surface area contributed by atoms with Gasteiger partial charge in [0.15, 0.2) is 0 Å². The molecule has 1 aliphatic carbocycles. The summed E-state index contributed by atoms with van der Waals surface area (Å²) in [6.45, 7) is 0.837. The normalized spacial score (nSPS) is 26.7. The fraction of sp³-hybridized carbons (Fsp3) is 0.875. The maximum absolute atomic E-state index is 12.1. The molecule has 0 aromatic carbocycles. The van der Waals surface area contributed by atoms with Crippen LogP contribution >= 0.6 is 0 Å². The molecule has 2 aliphatic rings. The molecule has 0 bridgehead atoms. The van der Waals surface area contributed by atoms with Crippen molar-refractivity contribution in [3.05, 3.63) is 0 Å². The van der Waals surface area contributed by atoms with Gasteiger partial charge in [-0.3, -0.25) is 9.59 Å². The van der Waals surface area contributed by atoms with Gasteiger partial charge in [0, 0.05) is 13.0 Å². The van der Waals surface area contributed by atoms with Crippen molar-refractivity contribution in [1.29, 1.82) is 0 Å². The van der Waals surface area contributed by atoms with Gasteiger partial charge in [-0.05, 0) is 25.2 Å². The third kappa shape index (κ3) is 5.30. The van der Waals surface area contributed by atoms with Crippen LogP contribution in [0.25, 0.3) is 0 Å². The summed E-state index contributed by atoms with van der Waals surface area (Å²) in [6.07, 6.45) is 9.68. The van der Waals surface area contributed by atoms with Gasteiger partial charge >= 0.3 is 5.97 Å². The monoisotopic (exact) mass is 297 g/mol. The molecule has 2 rings (SSSR count). The second kappa shape index (κ2) is 7.78. The average Bonchev–Trinajstić information content (AvgIpc) is 2.87. The number of hydrogen-bond donors (Lipinski definition) is 2. The minimum absolute atomic E-state index is 0.0300. The van der Waals surface area contributed by atoms with Gasteiger partial charge in [0.05, 0.1) is 18.6 Å². The number of aliphatic carboxylic acids is 1. The van der Waals surface area contributed by atoms with Crippen LogP contribution in [-0.2, 0) is 14.3 Å². The summed E-state index contributed by atoms with van der Waals surface area (Å²) in [5.41, 5.74) is -0.687. The minimum Gasteiger partial charge on any atom is -0.481 e. The lowest BCUT2D eigenvalue weighted by Crippen LogP contribution is -2.50. The van der Waals surface area contributed by atoms with Crippen molar-refractivity contribution in [2.45, 2.75) is 69.7 Å². The SMILES string of the molecule is O=C(O)CC1(NC(=O)CCCC2CCCCC2)CCOC1. The Hall–Kier alpha value is -1.10. The molecule has 2 N–H and O–H groups in total. The second-order valence-electron chi connectivity index (χ2n) is 6.60. The molecule has 1 unspecified atom stereocenters. The molecule has 0 aromatic heterocycles.